The van der Waals surface area contributed by atoms with Crippen LogP contribution in [-0.4, -0.2) is 24.6 Å². The van der Waals surface area contributed by atoms with Crippen LogP contribution >= 0.6 is 0 Å². The predicted octanol–water partition coefficient (Wildman–Crippen LogP) is 7.55. The maximum absolute atomic E-state index is 6.84. The molecule has 3 nitrogen and oxygen atoms in total. The first-order valence-corrected chi connectivity index (χ1v) is 13.0. The Hall–Kier alpha value is -1.16. The smallest absolute Gasteiger partial charge is 0.169 e. The van der Waals surface area contributed by atoms with Crippen LogP contribution in [0.25, 0.3) is 0 Å². The monoisotopic (exact) mass is 442 g/mol. The van der Waals surface area contributed by atoms with E-state index in [4.69, 9.17) is 14.2 Å². The molecule has 1 aromatic rings. The van der Waals surface area contributed by atoms with Crippen molar-refractivity contribution < 1.29 is 14.2 Å². The zero-order valence-electron chi connectivity index (χ0n) is 20.9. The lowest BCUT2D eigenvalue weighted by atomic mass is 9.80. The number of rotatable bonds is 11. The van der Waals surface area contributed by atoms with Gasteiger partial charge in [-0.1, -0.05) is 64.1 Å². The van der Waals surface area contributed by atoms with E-state index in [2.05, 4.69) is 64.6 Å². The van der Waals surface area contributed by atoms with Crippen LogP contribution in [0.5, 0.6) is 0 Å². The maximum Gasteiger partial charge on any atom is 0.169 e. The molecule has 3 rings (SSSR count). The molecule has 2 fully saturated rings. The summed E-state index contributed by atoms with van der Waals surface area (Å²) in [5, 5.41) is 0. The summed E-state index contributed by atoms with van der Waals surface area (Å²) in [4.78, 5) is 0. The highest BCUT2D eigenvalue weighted by Gasteiger charge is 2.47. The molecule has 32 heavy (non-hydrogen) atoms. The second-order valence-corrected chi connectivity index (χ2v) is 10.6. The van der Waals surface area contributed by atoms with Crippen molar-refractivity contribution in [2.45, 2.75) is 104 Å². The number of benzene rings is 1. The van der Waals surface area contributed by atoms with E-state index in [1.807, 2.05) is 6.07 Å². The van der Waals surface area contributed by atoms with Gasteiger partial charge in [-0.25, -0.2) is 0 Å². The van der Waals surface area contributed by atoms with Gasteiger partial charge < -0.3 is 14.2 Å². The Labute approximate surface area is 196 Å². The average molecular weight is 443 g/mol. The number of allylic oxidation sites excluding steroid dienone is 1. The van der Waals surface area contributed by atoms with Gasteiger partial charge >= 0.3 is 0 Å². The molecule has 0 saturated carbocycles. The minimum absolute atomic E-state index is 0.277. The Bertz CT molecular complexity index is 670. The zero-order chi connectivity index (χ0) is 23.0. The van der Waals surface area contributed by atoms with E-state index in [1.54, 1.807) is 0 Å². The largest absolute Gasteiger partial charge is 0.377 e. The summed E-state index contributed by atoms with van der Waals surface area (Å²) in [5.41, 5.74) is 1.24. The molecule has 7 atom stereocenters. The molecule has 0 bridgehead atoms. The fraction of sp³-hybridized carbons (Fsp3) is 0.724. The second-order valence-electron chi connectivity index (χ2n) is 10.6. The van der Waals surface area contributed by atoms with Crippen molar-refractivity contribution in [2.75, 3.05) is 6.61 Å². The van der Waals surface area contributed by atoms with Crippen molar-refractivity contribution in [1.29, 1.82) is 0 Å². The average Bonchev–Trinajstić information content (AvgIpc) is 2.81. The van der Waals surface area contributed by atoms with Crippen LogP contribution in [-0.2, 0) is 20.8 Å². The fourth-order valence-electron chi connectivity index (χ4n) is 5.39. The summed E-state index contributed by atoms with van der Waals surface area (Å²) in [7, 11) is 0. The van der Waals surface area contributed by atoms with Crippen LogP contribution in [0.1, 0.15) is 84.6 Å². The lowest BCUT2D eigenvalue weighted by Gasteiger charge is -2.51. The van der Waals surface area contributed by atoms with Crippen molar-refractivity contribution >= 4 is 0 Å². The van der Waals surface area contributed by atoms with Gasteiger partial charge in [0, 0.05) is 19.4 Å². The molecular weight excluding hydrogens is 396 g/mol. The number of hydrogen-bond donors (Lipinski definition) is 0. The highest BCUT2D eigenvalue weighted by Crippen LogP contribution is 2.45. The Morgan fingerprint density at radius 2 is 1.78 bits per heavy atom. The normalized spacial score (nSPS) is 32.5. The standard InChI is InChI=1S/C29H46O3/c1-6-22(2)14-15-27-23(3)16-18-29(31-27)19-17-25(5)28(32-29)24(4)11-10-20-30-21-26-12-8-7-9-13-26/h6-9,12-13,22-25,27-28H,1,10-11,14-21H2,2-5H3/t22-,23-,24-,25+,27+,28+,29-/m1/s1. The molecule has 2 aliphatic rings. The van der Waals surface area contributed by atoms with Gasteiger partial charge in [-0.2, -0.15) is 0 Å². The van der Waals surface area contributed by atoms with Crippen molar-refractivity contribution in [2.24, 2.45) is 23.7 Å². The van der Waals surface area contributed by atoms with Crippen molar-refractivity contribution in [3.05, 3.63) is 48.6 Å². The Balaban J connectivity index is 1.47. The Morgan fingerprint density at radius 1 is 1.06 bits per heavy atom. The Morgan fingerprint density at radius 3 is 2.50 bits per heavy atom. The fourth-order valence-corrected chi connectivity index (χ4v) is 5.39. The molecule has 1 aromatic carbocycles. The van der Waals surface area contributed by atoms with Crippen LogP contribution in [0.3, 0.4) is 0 Å². The molecule has 0 unspecified atom stereocenters. The molecule has 0 aromatic heterocycles. The van der Waals surface area contributed by atoms with Gasteiger partial charge in [0.1, 0.15) is 0 Å². The molecule has 2 heterocycles. The lowest BCUT2D eigenvalue weighted by Crippen LogP contribution is -2.53. The van der Waals surface area contributed by atoms with Gasteiger partial charge in [0.25, 0.3) is 0 Å². The quantitative estimate of drug-likeness (QED) is 0.261. The molecule has 2 aliphatic heterocycles. The predicted molar refractivity (Wildman–Crippen MR) is 132 cm³/mol. The van der Waals surface area contributed by atoms with Crippen LogP contribution in [0, 0.1) is 23.7 Å². The van der Waals surface area contributed by atoms with Gasteiger partial charge in [0.15, 0.2) is 5.79 Å². The van der Waals surface area contributed by atoms with Crippen molar-refractivity contribution in [3.63, 3.8) is 0 Å². The van der Waals surface area contributed by atoms with E-state index < -0.39 is 0 Å². The van der Waals surface area contributed by atoms with E-state index in [0.29, 0.717) is 36.4 Å². The summed E-state index contributed by atoms with van der Waals surface area (Å²) < 4.78 is 19.5. The van der Waals surface area contributed by atoms with Gasteiger partial charge in [-0.05, 0) is 67.8 Å². The summed E-state index contributed by atoms with van der Waals surface area (Å²) >= 11 is 0. The third kappa shape index (κ3) is 7.17. The van der Waals surface area contributed by atoms with Gasteiger partial charge in [-0.3, -0.25) is 0 Å². The molecule has 1 spiro atoms. The molecule has 0 N–H and O–H groups in total. The third-order valence-corrected chi connectivity index (χ3v) is 7.80. The molecule has 3 heteroatoms. The summed E-state index contributed by atoms with van der Waals surface area (Å²) in [6.45, 7) is 14.8. The van der Waals surface area contributed by atoms with Crippen molar-refractivity contribution in [3.8, 4) is 0 Å². The van der Waals surface area contributed by atoms with Gasteiger partial charge in [0.05, 0.1) is 18.8 Å². The maximum atomic E-state index is 6.84. The first-order valence-electron chi connectivity index (χ1n) is 13.0. The molecule has 2 saturated heterocycles. The summed E-state index contributed by atoms with van der Waals surface area (Å²) in [6, 6.07) is 10.4. The Kier molecular flexibility index (Phi) is 9.82. The van der Waals surface area contributed by atoms with E-state index in [9.17, 15) is 0 Å². The van der Waals surface area contributed by atoms with Crippen LogP contribution in [0.4, 0.5) is 0 Å². The van der Waals surface area contributed by atoms with E-state index in [0.717, 1.165) is 45.1 Å². The first kappa shape index (κ1) is 25.5. The van der Waals surface area contributed by atoms with Crippen LogP contribution in [0.15, 0.2) is 43.0 Å². The second kappa shape index (κ2) is 12.3. The van der Waals surface area contributed by atoms with Crippen LogP contribution in [0.2, 0.25) is 0 Å². The number of ether oxygens (including phenoxy) is 3. The lowest BCUT2D eigenvalue weighted by molar-refractivity contribution is -0.338. The zero-order valence-corrected chi connectivity index (χ0v) is 20.9. The molecule has 0 amide bonds. The molecule has 180 valence electrons. The van der Waals surface area contributed by atoms with Crippen molar-refractivity contribution in [1.82, 2.24) is 0 Å². The molecule has 0 radical (unpaired) electrons. The minimum Gasteiger partial charge on any atom is -0.377 e. The minimum atomic E-state index is -0.357. The highest BCUT2D eigenvalue weighted by atomic mass is 16.7. The van der Waals surface area contributed by atoms with Gasteiger partial charge in [0.2, 0.25) is 0 Å². The summed E-state index contributed by atoms with van der Waals surface area (Å²) in [6.07, 6.45) is 11.6. The van der Waals surface area contributed by atoms with Crippen LogP contribution < -0.4 is 0 Å². The van der Waals surface area contributed by atoms with E-state index in [1.165, 1.54) is 18.4 Å². The van der Waals surface area contributed by atoms with Gasteiger partial charge in [-0.15, -0.1) is 6.58 Å². The van der Waals surface area contributed by atoms with E-state index in [-0.39, 0.29) is 11.9 Å². The number of hydrogen-bond acceptors (Lipinski definition) is 3. The molecule has 0 aliphatic carbocycles. The third-order valence-electron chi connectivity index (χ3n) is 7.80. The SMILES string of the molecule is C=C[C@@H](C)CC[C@@H]1O[C@@]2(CC[C@H]1C)CC[C@H](C)[C@H]([C@H](C)CCCOCc1ccccc1)O2. The summed E-state index contributed by atoms with van der Waals surface area (Å²) in [5.74, 6) is 1.91. The highest BCUT2D eigenvalue weighted by molar-refractivity contribution is 5.13. The molecular formula is C29H46O3. The topological polar surface area (TPSA) is 27.7 Å². The first-order chi connectivity index (χ1) is 15.4. The van der Waals surface area contributed by atoms with E-state index >= 15 is 0 Å².